The van der Waals surface area contributed by atoms with Crippen molar-refractivity contribution in [2.45, 2.75) is 45.2 Å². The molecule has 0 spiro atoms. The Labute approximate surface area is 188 Å². The summed E-state index contributed by atoms with van der Waals surface area (Å²) in [6.45, 7) is 4.64. The second kappa shape index (κ2) is 10.8. The molecule has 0 aliphatic carbocycles. The molecule has 1 unspecified atom stereocenters. The number of nitrogens with one attached hydrogen (secondary N) is 1. The number of nitrogens with zero attached hydrogens (tertiary/aromatic N) is 2. The molecule has 8 heteroatoms. The van der Waals surface area contributed by atoms with Gasteiger partial charge in [0.15, 0.2) is 5.96 Å². The number of nitrogens with two attached hydrogens (primary N) is 2. The van der Waals surface area contributed by atoms with Crippen LogP contribution in [0.4, 0.5) is 5.69 Å². The Kier molecular flexibility index (Phi) is 7.83. The van der Waals surface area contributed by atoms with E-state index in [-0.39, 0.29) is 12.4 Å². The maximum atomic E-state index is 12.5. The van der Waals surface area contributed by atoms with Crippen LogP contribution < -0.4 is 21.7 Å². The number of carboxylic acid groups (broad SMARTS) is 1. The van der Waals surface area contributed by atoms with E-state index in [0.29, 0.717) is 12.1 Å². The van der Waals surface area contributed by atoms with Gasteiger partial charge >= 0.3 is 5.97 Å². The Balaban J connectivity index is 1.64. The number of aryl methyl sites for hydroxylation is 1. The number of piperidine rings is 1. The van der Waals surface area contributed by atoms with Crippen molar-refractivity contribution in [3.63, 3.8) is 0 Å². The van der Waals surface area contributed by atoms with Gasteiger partial charge in [-0.1, -0.05) is 24.3 Å². The molecule has 0 radical (unpaired) electrons. The van der Waals surface area contributed by atoms with E-state index in [4.69, 9.17) is 16.6 Å². The Bertz CT molecular complexity index is 982. The van der Waals surface area contributed by atoms with Crippen molar-refractivity contribution < 1.29 is 14.7 Å². The number of guanidine groups is 1. The number of benzene rings is 2. The molecule has 0 aromatic heterocycles. The van der Waals surface area contributed by atoms with Gasteiger partial charge in [-0.25, -0.2) is 0 Å². The second-order valence-corrected chi connectivity index (χ2v) is 8.12. The molecule has 1 aliphatic rings. The first-order chi connectivity index (χ1) is 15.3. The molecule has 1 amide bonds. The molecule has 8 nitrogen and oxygen atoms in total. The molecular weight excluding hydrogens is 406 g/mol. The predicted molar refractivity (Wildman–Crippen MR) is 126 cm³/mol. The van der Waals surface area contributed by atoms with Crippen LogP contribution in [-0.2, 0) is 17.8 Å². The van der Waals surface area contributed by atoms with E-state index in [1.165, 1.54) is 24.9 Å². The Morgan fingerprint density at radius 2 is 1.81 bits per heavy atom. The van der Waals surface area contributed by atoms with Crippen LogP contribution in [0, 0.1) is 6.92 Å². The number of anilines is 1. The fraction of sp³-hybridized carbons (Fsp3) is 0.375. The third kappa shape index (κ3) is 6.07. The first-order valence-electron chi connectivity index (χ1n) is 10.9. The number of amides is 1. The minimum Gasteiger partial charge on any atom is -0.480 e. The van der Waals surface area contributed by atoms with E-state index in [1.807, 2.05) is 0 Å². The van der Waals surface area contributed by atoms with Crippen LogP contribution in [0.2, 0.25) is 0 Å². The lowest BCUT2D eigenvalue weighted by Crippen LogP contribution is -2.34. The van der Waals surface area contributed by atoms with Crippen molar-refractivity contribution in [1.29, 1.82) is 0 Å². The molecule has 1 aliphatic heterocycles. The number of carbonyl (C=O) groups excluding carboxylic acids is 1. The summed E-state index contributed by atoms with van der Waals surface area (Å²) in [6, 6.07) is 11.8. The number of carbonyl (C=O) groups is 2. The summed E-state index contributed by atoms with van der Waals surface area (Å²) in [5.41, 5.74) is 16.2. The lowest BCUT2D eigenvalue weighted by atomic mass is 10.0. The molecule has 170 valence electrons. The summed E-state index contributed by atoms with van der Waals surface area (Å²) in [5.74, 6) is -1.48. The Morgan fingerprint density at radius 3 is 2.47 bits per heavy atom. The first-order valence-corrected chi connectivity index (χ1v) is 10.9. The van der Waals surface area contributed by atoms with Crippen molar-refractivity contribution in [3.05, 3.63) is 64.7 Å². The zero-order valence-electron chi connectivity index (χ0n) is 18.4. The molecule has 1 atom stereocenters. The summed E-state index contributed by atoms with van der Waals surface area (Å²) in [4.78, 5) is 29.7. The van der Waals surface area contributed by atoms with Gasteiger partial charge in [0.1, 0.15) is 6.04 Å². The third-order valence-corrected chi connectivity index (χ3v) is 5.72. The van der Waals surface area contributed by atoms with E-state index >= 15 is 0 Å². The van der Waals surface area contributed by atoms with Gasteiger partial charge in [0, 0.05) is 30.9 Å². The standard InChI is InChI=1S/C24H31N5O3/c1-16-6-5-7-21(29-12-3-2-4-13-29)19(16)15-27-24(26)28-22(30)18-10-8-17(9-11-18)14-20(25)23(31)32/h5-11,20H,2-4,12-15,25H2,1H3,(H,31,32)(H3,26,27,28,30). The molecule has 32 heavy (non-hydrogen) atoms. The van der Waals surface area contributed by atoms with Gasteiger partial charge in [-0.3, -0.25) is 9.59 Å². The third-order valence-electron chi connectivity index (χ3n) is 5.72. The number of aliphatic carboxylic acids is 1. The van der Waals surface area contributed by atoms with Crippen LogP contribution in [0.3, 0.4) is 0 Å². The largest absolute Gasteiger partial charge is 0.480 e. The monoisotopic (exact) mass is 437 g/mol. The van der Waals surface area contributed by atoms with Crippen molar-refractivity contribution in [2.75, 3.05) is 18.0 Å². The summed E-state index contributed by atoms with van der Waals surface area (Å²) >= 11 is 0. The van der Waals surface area contributed by atoms with Gasteiger partial charge in [-0.05, 0) is 67.5 Å². The Morgan fingerprint density at radius 1 is 1.12 bits per heavy atom. The molecule has 6 N–H and O–H groups in total. The van der Waals surface area contributed by atoms with Gasteiger partial charge in [0.05, 0.1) is 0 Å². The molecule has 2 aromatic rings. The van der Waals surface area contributed by atoms with E-state index in [0.717, 1.165) is 29.8 Å². The van der Waals surface area contributed by atoms with E-state index in [1.54, 1.807) is 24.3 Å². The van der Waals surface area contributed by atoms with Crippen LogP contribution in [-0.4, -0.2) is 42.1 Å². The first kappa shape index (κ1) is 23.3. The summed E-state index contributed by atoms with van der Waals surface area (Å²) < 4.78 is 0. The average molecular weight is 438 g/mol. The average Bonchev–Trinajstić information content (AvgIpc) is 2.79. The highest BCUT2D eigenvalue weighted by Gasteiger charge is 2.16. The van der Waals surface area contributed by atoms with Crippen LogP contribution in [0.25, 0.3) is 0 Å². The van der Waals surface area contributed by atoms with Gasteiger partial charge in [-0.2, -0.15) is 4.99 Å². The lowest BCUT2D eigenvalue weighted by Gasteiger charge is -2.31. The number of hydrogen-bond acceptors (Lipinski definition) is 4. The van der Waals surface area contributed by atoms with Crippen LogP contribution in [0.5, 0.6) is 0 Å². The maximum Gasteiger partial charge on any atom is 0.320 e. The topological polar surface area (TPSA) is 134 Å². The van der Waals surface area contributed by atoms with Gasteiger partial charge < -0.3 is 26.8 Å². The van der Waals surface area contributed by atoms with Crippen molar-refractivity contribution in [2.24, 2.45) is 16.5 Å². The molecule has 0 saturated carbocycles. The second-order valence-electron chi connectivity index (χ2n) is 8.12. The molecule has 0 bridgehead atoms. The summed E-state index contributed by atoms with van der Waals surface area (Å²) in [6.07, 6.45) is 3.84. The van der Waals surface area contributed by atoms with Gasteiger partial charge in [0.2, 0.25) is 0 Å². The van der Waals surface area contributed by atoms with E-state index in [9.17, 15) is 9.59 Å². The highest BCUT2D eigenvalue weighted by Crippen LogP contribution is 2.26. The van der Waals surface area contributed by atoms with Crippen molar-refractivity contribution in [1.82, 2.24) is 5.32 Å². The number of hydrogen-bond donors (Lipinski definition) is 4. The van der Waals surface area contributed by atoms with Crippen LogP contribution >= 0.6 is 0 Å². The lowest BCUT2D eigenvalue weighted by molar-refractivity contribution is -0.138. The number of rotatable bonds is 7. The van der Waals surface area contributed by atoms with Gasteiger partial charge in [-0.15, -0.1) is 0 Å². The zero-order valence-corrected chi connectivity index (χ0v) is 18.4. The minimum atomic E-state index is -1.06. The highest BCUT2D eigenvalue weighted by molar-refractivity contribution is 6.02. The maximum absolute atomic E-state index is 12.5. The molecule has 1 saturated heterocycles. The highest BCUT2D eigenvalue weighted by atomic mass is 16.4. The summed E-state index contributed by atoms with van der Waals surface area (Å²) in [5, 5.41) is 12.0. The molecule has 1 fully saturated rings. The minimum absolute atomic E-state index is 0.0554. The molecule has 2 aromatic carbocycles. The SMILES string of the molecule is Cc1cccc(N2CCCCC2)c1CNC(N)=NC(=O)c1ccc(CC(N)C(=O)O)cc1. The fourth-order valence-corrected chi connectivity index (χ4v) is 3.86. The van der Waals surface area contributed by atoms with Gasteiger partial charge in [0.25, 0.3) is 5.91 Å². The smallest absolute Gasteiger partial charge is 0.320 e. The number of carboxylic acids is 1. The Hall–Kier alpha value is -3.39. The van der Waals surface area contributed by atoms with E-state index < -0.39 is 17.9 Å². The zero-order chi connectivity index (χ0) is 23.1. The van der Waals surface area contributed by atoms with E-state index in [2.05, 4.69) is 40.3 Å². The van der Waals surface area contributed by atoms with Crippen molar-refractivity contribution in [3.8, 4) is 0 Å². The molecule has 1 heterocycles. The predicted octanol–water partition coefficient (Wildman–Crippen LogP) is 2.18. The van der Waals surface area contributed by atoms with Crippen LogP contribution in [0.1, 0.15) is 46.3 Å². The normalized spacial score (nSPS) is 15.3. The quantitative estimate of drug-likeness (QED) is 0.385. The van der Waals surface area contributed by atoms with Crippen LogP contribution in [0.15, 0.2) is 47.5 Å². The molecule has 3 rings (SSSR count). The van der Waals surface area contributed by atoms with Crippen molar-refractivity contribution >= 4 is 23.5 Å². The summed E-state index contributed by atoms with van der Waals surface area (Å²) in [7, 11) is 0. The molecular formula is C24H31N5O3. The fourth-order valence-electron chi connectivity index (χ4n) is 3.86. The number of aliphatic imine (C=N–C) groups is 1.